The van der Waals surface area contributed by atoms with Crippen molar-refractivity contribution in [3.8, 4) is 5.75 Å². The van der Waals surface area contributed by atoms with Gasteiger partial charge in [0.05, 0.1) is 27.2 Å². The number of anilines is 1. The van der Waals surface area contributed by atoms with E-state index in [0.29, 0.717) is 5.75 Å². The molecule has 2 amide bonds. The fourth-order valence-corrected chi connectivity index (χ4v) is 3.94. The van der Waals surface area contributed by atoms with Gasteiger partial charge >= 0.3 is 5.91 Å². The lowest BCUT2D eigenvalue weighted by Gasteiger charge is -2.39. The van der Waals surface area contributed by atoms with Crippen molar-refractivity contribution in [2.45, 2.75) is 12.3 Å². The number of para-hydroxylation sites is 1. The second-order valence-corrected chi connectivity index (χ2v) is 8.65. The van der Waals surface area contributed by atoms with Gasteiger partial charge in [0.25, 0.3) is 5.91 Å². The smallest absolute Gasteiger partial charge is 0.327 e. The van der Waals surface area contributed by atoms with Crippen LogP contribution in [0.5, 0.6) is 5.75 Å². The number of benzene rings is 2. The van der Waals surface area contributed by atoms with Crippen LogP contribution in [0.25, 0.3) is 0 Å². The number of amides is 2. The quantitative estimate of drug-likeness (QED) is 0.637. The normalized spacial score (nSPS) is 23.6. The summed E-state index contributed by atoms with van der Waals surface area (Å²) in [4.78, 5) is 28.1. The van der Waals surface area contributed by atoms with E-state index in [1.165, 1.54) is 0 Å². The third-order valence-electron chi connectivity index (χ3n) is 5.49. The van der Waals surface area contributed by atoms with Gasteiger partial charge in [0, 0.05) is 30.9 Å². The second-order valence-electron chi connectivity index (χ2n) is 8.65. The molecule has 2 heterocycles. The van der Waals surface area contributed by atoms with Gasteiger partial charge in [-0.1, -0.05) is 30.3 Å². The van der Waals surface area contributed by atoms with Gasteiger partial charge in [0.15, 0.2) is 12.1 Å². The highest BCUT2D eigenvalue weighted by Gasteiger charge is 2.56. The molecule has 0 radical (unpaired) electrons. The van der Waals surface area contributed by atoms with Crippen LogP contribution in [0.15, 0.2) is 48.5 Å². The highest BCUT2D eigenvalue weighted by molar-refractivity contribution is 6.00. The summed E-state index contributed by atoms with van der Waals surface area (Å²) in [5.74, 6) is -0.522. The molecule has 1 saturated heterocycles. The number of carbonyl (C=O) groups excluding carboxylic acids is 2. The topological polar surface area (TPSA) is 61.9 Å². The molecule has 2 aliphatic heterocycles. The van der Waals surface area contributed by atoms with E-state index in [2.05, 4.69) is 5.43 Å². The van der Waals surface area contributed by atoms with Crippen molar-refractivity contribution in [2.24, 2.45) is 5.92 Å². The van der Waals surface area contributed by atoms with Gasteiger partial charge in [0.2, 0.25) is 0 Å². The third-order valence-corrected chi connectivity index (χ3v) is 5.49. The Hall–Kier alpha value is -2.90. The third kappa shape index (κ3) is 3.26. The highest BCUT2D eigenvalue weighted by Crippen LogP contribution is 2.48. The number of quaternary nitrogens is 1. The largest absolute Gasteiger partial charge is 0.469 e. The van der Waals surface area contributed by atoms with Gasteiger partial charge in [-0.2, -0.15) is 5.01 Å². The number of rotatable bonds is 3. The van der Waals surface area contributed by atoms with Gasteiger partial charge in [-0.3, -0.25) is 14.7 Å². The Morgan fingerprint density at radius 1 is 1.07 bits per heavy atom. The molecule has 3 atom stereocenters. The van der Waals surface area contributed by atoms with Crippen LogP contribution in [0.1, 0.15) is 23.4 Å². The number of carbonyl (C=O) groups is 2. The Labute approximate surface area is 171 Å². The average Bonchev–Trinajstić information content (AvgIpc) is 3.03. The van der Waals surface area contributed by atoms with E-state index in [1.54, 1.807) is 26.2 Å². The molecule has 1 N–H and O–H groups in total. The molecule has 2 aromatic rings. The second kappa shape index (κ2) is 6.86. The minimum Gasteiger partial charge on any atom is -0.469 e. The molecule has 0 aliphatic carbocycles. The Kier molecular flexibility index (Phi) is 4.59. The lowest BCUT2D eigenvalue weighted by molar-refractivity contribution is -0.793. The first-order valence-electron chi connectivity index (χ1n) is 9.66. The maximum Gasteiger partial charge on any atom is 0.327 e. The molecule has 4 rings (SSSR count). The summed E-state index contributed by atoms with van der Waals surface area (Å²) < 4.78 is 6.35. The summed E-state index contributed by atoms with van der Waals surface area (Å²) >= 11 is 0. The zero-order chi connectivity index (χ0) is 20.9. The molecule has 0 spiro atoms. The summed E-state index contributed by atoms with van der Waals surface area (Å²) in [7, 11) is 9.35. The van der Waals surface area contributed by atoms with Crippen molar-refractivity contribution in [2.75, 3.05) is 40.1 Å². The molecule has 0 aromatic heterocycles. The van der Waals surface area contributed by atoms with Crippen LogP contribution < -0.4 is 15.1 Å². The van der Waals surface area contributed by atoms with E-state index < -0.39 is 18.2 Å². The standard InChI is InChI=1S/C22H26N4O3/c1-24(2)15-12-10-14(11-13-15)21-25-19(16-8-6-7-9-17(16)29-21)18(20(27)23-25)22(28)26(3,4)5/h6-13,18-19,21H,1-5H3/p+1. The molecule has 2 aromatic carbocycles. The van der Waals surface area contributed by atoms with Crippen molar-refractivity contribution in [1.29, 1.82) is 0 Å². The SMILES string of the molecule is CN(C)c1ccc(C2Oc3ccccc3C3C(C(=O)[N+](C)(C)C)C(=O)NN23)cc1. The molecule has 7 nitrogen and oxygen atoms in total. The van der Waals surface area contributed by atoms with Crippen LogP contribution in [0.2, 0.25) is 0 Å². The highest BCUT2D eigenvalue weighted by atomic mass is 16.5. The van der Waals surface area contributed by atoms with Crippen LogP contribution >= 0.6 is 0 Å². The summed E-state index contributed by atoms with van der Waals surface area (Å²) in [6.07, 6.45) is -0.514. The van der Waals surface area contributed by atoms with E-state index >= 15 is 0 Å². The Balaban J connectivity index is 1.78. The van der Waals surface area contributed by atoms with Crippen LogP contribution in [0.3, 0.4) is 0 Å². The predicted molar refractivity (Wildman–Crippen MR) is 110 cm³/mol. The van der Waals surface area contributed by atoms with Crippen LogP contribution in [0.4, 0.5) is 5.69 Å². The molecule has 152 valence electrons. The van der Waals surface area contributed by atoms with Gasteiger partial charge in [-0.05, 0) is 18.2 Å². The lowest BCUT2D eigenvalue weighted by atomic mass is 9.90. The first-order chi connectivity index (χ1) is 13.7. The first kappa shape index (κ1) is 19.4. The van der Waals surface area contributed by atoms with Crippen molar-refractivity contribution in [3.63, 3.8) is 0 Å². The van der Waals surface area contributed by atoms with Crippen molar-refractivity contribution in [3.05, 3.63) is 59.7 Å². The minimum atomic E-state index is -0.802. The van der Waals surface area contributed by atoms with Crippen molar-refractivity contribution < 1.29 is 18.8 Å². The number of hydrogen-bond acceptors (Lipinski definition) is 5. The monoisotopic (exact) mass is 395 g/mol. The molecular weight excluding hydrogens is 368 g/mol. The molecular formula is C22H27N4O3+. The Morgan fingerprint density at radius 3 is 2.34 bits per heavy atom. The molecule has 29 heavy (non-hydrogen) atoms. The van der Waals surface area contributed by atoms with Gasteiger partial charge in [0.1, 0.15) is 5.75 Å². The molecule has 3 unspecified atom stereocenters. The van der Waals surface area contributed by atoms with Gasteiger partial charge < -0.3 is 9.64 Å². The number of nitrogens with zero attached hydrogens (tertiary/aromatic N) is 3. The first-order valence-corrected chi connectivity index (χ1v) is 9.66. The molecule has 7 heteroatoms. The van der Waals surface area contributed by atoms with Crippen LogP contribution in [0, 0.1) is 5.92 Å². The maximum atomic E-state index is 13.1. The average molecular weight is 395 g/mol. The van der Waals surface area contributed by atoms with Crippen molar-refractivity contribution in [1.82, 2.24) is 10.4 Å². The molecule has 0 bridgehead atoms. The number of hydrogen-bond donors (Lipinski definition) is 1. The fourth-order valence-electron chi connectivity index (χ4n) is 3.94. The number of nitrogens with one attached hydrogen (secondary N) is 1. The summed E-state index contributed by atoms with van der Waals surface area (Å²) in [5.41, 5.74) is 5.75. The van der Waals surface area contributed by atoms with Gasteiger partial charge in [-0.15, -0.1) is 0 Å². The van der Waals surface area contributed by atoms with E-state index in [1.807, 2.05) is 67.5 Å². The molecule has 0 saturated carbocycles. The zero-order valence-electron chi connectivity index (χ0n) is 17.4. The lowest BCUT2D eigenvalue weighted by Crippen LogP contribution is -2.49. The predicted octanol–water partition coefficient (Wildman–Crippen LogP) is 2.08. The minimum absolute atomic E-state index is 0.0770. The number of fused-ring (bicyclic) bond motifs is 3. The molecule has 1 fully saturated rings. The fraction of sp³-hybridized carbons (Fsp3) is 0.364. The van der Waals surface area contributed by atoms with Gasteiger partial charge in [-0.25, -0.2) is 4.79 Å². The van der Waals surface area contributed by atoms with E-state index in [4.69, 9.17) is 4.74 Å². The summed E-state index contributed by atoms with van der Waals surface area (Å²) in [6.45, 7) is 0. The Morgan fingerprint density at radius 2 is 1.72 bits per heavy atom. The maximum absolute atomic E-state index is 13.1. The van der Waals surface area contributed by atoms with E-state index in [9.17, 15) is 9.59 Å². The number of ether oxygens (including phenoxy) is 1. The summed E-state index contributed by atoms with van der Waals surface area (Å²) in [5, 5.41) is 1.79. The Bertz CT molecular complexity index is 949. The van der Waals surface area contributed by atoms with Crippen molar-refractivity contribution >= 4 is 17.5 Å². The summed E-state index contributed by atoms with van der Waals surface area (Å²) in [6, 6.07) is 15.2. The number of hydrazine groups is 1. The van der Waals surface area contributed by atoms with E-state index in [0.717, 1.165) is 16.8 Å². The van der Waals surface area contributed by atoms with Crippen LogP contribution in [-0.4, -0.2) is 56.5 Å². The zero-order valence-corrected chi connectivity index (χ0v) is 17.4. The molecule has 2 aliphatic rings. The van der Waals surface area contributed by atoms with E-state index in [-0.39, 0.29) is 16.3 Å². The van der Waals surface area contributed by atoms with Crippen LogP contribution in [-0.2, 0) is 9.59 Å².